The molecule has 0 aliphatic heterocycles. The Balaban J connectivity index is 2.92. The highest BCUT2D eigenvalue weighted by Crippen LogP contribution is 2.15. The van der Waals surface area contributed by atoms with Crippen LogP contribution in [0.1, 0.15) is 5.56 Å². The second-order valence-electron chi connectivity index (χ2n) is 2.54. The first-order valence-corrected chi connectivity index (χ1v) is 4.68. The molecule has 0 spiro atoms. The zero-order chi connectivity index (χ0) is 8.55. The molecule has 4 heteroatoms. The van der Waals surface area contributed by atoms with E-state index in [1.165, 1.54) is 0 Å². The third-order valence-electron chi connectivity index (χ3n) is 1.84. The summed E-state index contributed by atoms with van der Waals surface area (Å²) in [7, 11) is 0. The lowest BCUT2D eigenvalue weighted by molar-refractivity contribution is 1.22. The van der Waals surface area contributed by atoms with Crippen LogP contribution in [0.15, 0.2) is 23.3 Å². The van der Waals surface area contributed by atoms with Crippen LogP contribution in [-0.2, 0) is 5.33 Å². The molecule has 0 atom stereocenters. The van der Waals surface area contributed by atoms with Gasteiger partial charge in [0.15, 0.2) is 0 Å². The van der Waals surface area contributed by atoms with E-state index in [4.69, 9.17) is 0 Å². The highest BCUT2D eigenvalue weighted by atomic mass is 79.9. The summed E-state index contributed by atoms with van der Waals surface area (Å²) >= 11 is 3.35. The summed E-state index contributed by atoms with van der Waals surface area (Å²) in [6.07, 6.45) is 3.50. The standard InChI is InChI=1S/C8H7BrN2O/c9-3-5-4-11-8(12)7-6(5)1-2-10-7/h1-2,4,10H,3H2,(H,11,12). The van der Waals surface area contributed by atoms with Crippen molar-refractivity contribution in [3.63, 3.8) is 0 Å². The Morgan fingerprint density at radius 2 is 2.25 bits per heavy atom. The zero-order valence-corrected chi connectivity index (χ0v) is 7.81. The number of fused-ring (bicyclic) bond motifs is 1. The average molecular weight is 227 g/mol. The topological polar surface area (TPSA) is 48.6 Å². The summed E-state index contributed by atoms with van der Waals surface area (Å²) in [5.74, 6) is 0. The van der Waals surface area contributed by atoms with Crippen LogP contribution in [0.5, 0.6) is 0 Å². The SMILES string of the molecule is O=c1[nH]cc(CBr)c2cc[nH]c12. The normalized spacial score (nSPS) is 10.8. The number of aromatic amines is 2. The molecule has 0 radical (unpaired) electrons. The fourth-order valence-corrected chi connectivity index (χ4v) is 1.70. The van der Waals surface area contributed by atoms with E-state index < -0.39 is 0 Å². The van der Waals surface area contributed by atoms with Crippen LogP contribution in [0, 0.1) is 0 Å². The smallest absolute Gasteiger partial charge is 0.272 e. The number of hydrogen-bond donors (Lipinski definition) is 2. The third kappa shape index (κ3) is 0.992. The van der Waals surface area contributed by atoms with Crippen LogP contribution in [0.3, 0.4) is 0 Å². The molecule has 0 saturated carbocycles. The Hall–Kier alpha value is -1.03. The molecule has 3 nitrogen and oxygen atoms in total. The Kier molecular flexibility index (Phi) is 1.77. The fourth-order valence-electron chi connectivity index (χ4n) is 1.24. The van der Waals surface area contributed by atoms with Crippen molar-refractivity contribution in [2.45, 2.75) is 5.33 Å². The maximum absolute atomic E-state index is 11.2. The Morgan fingerprint density at radius 1 is 1.42 bits per heavy atom. The number of rotatable bonds is 1. The largest absolute Gasteiger partial charge is 0.357 e. The van der Waals surface area contributed by atoms with Crippen LogP contribution in [-0.4, -0.2) is 9.97 Å². The van der Waals surface area contributed by atoms with Gasteiger partial charge in [-0.25, -0.2) is 0 Å². The number of alkyl halides is 1. The molecule has 2 rings (SSSR count). The van der Waals surface area contributed by atoms with E-state index >= 15 is 0 Å². The molecule has 2 aromatic rings. The molecule has 0 fully saturated rings. The number of hydrogen-bond acceptors (Lipinski definition) is 1. The van der Waals surface area contributed by atoms with E-state index in [2.05, 4.69) is 25.9 Å². The third-order valence-corrected chi connectivity index (χ3v) is 2.45. The molecule has 2 heterocycles. The van der Waals surface area contributed by atoms with Gasteiger partial charge < -0.3 is 9.97 Å². The van der Waals surface area contributed by atoms with E-state index in [1.807, 2.05) is 6.07 Å². The molecule has 0 aliphatic carbocycles. The summed E-state index contributed by atoms with van der Waals surface area (Å²) in [6.45, 7) is 0. The minimum atomic E-state index is -0.0697. The van der Waals surface area contributed by atoms with Crippen LogP contribution in [0.4, 0.5) is 0 Å². The average Bonchev–Trinajstić information content (AvgIpc) is 2.54. The van der Waals surface area contributed by atoms with Crippen molar-refractivity contribution in [2.24, 2.45) is 0 Å². The van der Waals surface area contributed by atoms with Gasteiger partial charge in [0.2, 0.25) is 0 Å². The zero-order valence-electron chi connectivity index (χ0n) is 6.23. The molecule has 62 valence electrons. The van der Waals surface area contributed by atoms with Crippen molar-refractivity contribution >= 4 is 26.8 Å². The predicted octanol–water partition coefficient (Wildman–Crippen LogP) is 1.75. The number of nitrogens with one attached hydrogen (secondary N) is 2. The van der Waals surface area contributed by atoms with Gasteiger partial charge in [0.05, 0.1) is 0 Å². The van der Waals surface area contributed by atoms with E-state index in [9.17, 15) is 4.79 Å². The van der Waals surface area contributed by atoms with Gasteiger partial charge in [0, 0.05) is 23.1 Å². The molecule has 2 aromatic heterocycles. The second kappa shape index (κ2) is 2.79. The van der Waals surface area contributed by atoms with E-state index in [0.29, 0.717) is 5.52 Å². The molecule has 0 aliphatic rings. The van der Waals surface area contributed by atoms with Gasteiger partial charge in [-0.05, 0) is 11.6 Å². The van der Waals surface area contributed by atoms with Crippen molar-refractivity contribution in [1.82, 2.24) is 9.97 Å². The van der Waals surface area contributed by atoms with Gasteiger partial charge in [-0.3, -0.25) is 4.79 Å². The van der Waals surface area contributed by atoms with Crippen LogP contribution in [0.2, 0.25) is 0 Å². The molecule has 0 saturated heterocycles. The summed E-state index contributed by atoms with van der Waals surface area (Å²) in [6, 6.07) is 1.90. The maximum atomic E-state index is 11.2. The van der Waals surface area contributed by atoms with Crippen molar-refractivity contribution in [3.05, 3.63) is 34.4 Å². The van der Waals surface area contributed by atoms with Crippen molar-refractivity contribution in [2.75, 3.05) is 0 Å². The quantitative estimate of drug-likeness (QED) is 0.716. The van der Waals surface area contributed by atoms with Crippen molar-refractivity contribution < 1.29 is 0 Å². The summed E-state index contributed by atoms with van der Waals surface area (Å²) in [5.41, 5.74) is 1.66. The van der Waals surface area contributed by atoms with Gasteiger partial charge in [-0.1, -0.05) is 15.9 Å². The van der Waals surface area contributed by atoms with E-state index in [-0.39, 0.29) is 5.56 Å². The molecule has 0 bridgehead atoms. The predicted molar refractivity (Wildman–Crippen MR) is 51.6 cm³/mol. The Labute approximate surface area is 76.9 Å². The highest BCUT2D eigenvalue weighted by Gasteiger charge is 2.02. The van der Waals surface area contributed by atoms with Crippen molar-refractivity contribution in [1.29, 1.82) is 0 Å². The van der Waals surface area contributed by atoms with Crippen molar-refractivity contribution in [3.8, 4) is 0 Å². The molecule has 0 aromatic carbocycles. The van der Waals surface area contributed by atoms with Gasteiger partial charge >= 0.3 is 0 Å². The van der Waals surface area contributed by atoms with Gasteiger partial charge in [-0.15, -0.1) is 0 Å². The summed E-state index contributed by atoms with van der Waals surface area (Å²) in [5, 5.41) is 1.73. The highest BCUT2D eigenvalue weighted by molar-refractivity contribution is 9.08. The maximum Gasteiger partial charge on any atom is 0.272 e. The Morgan fingerprint density at radius 3 is 3.00 bits per heavy atom. The number of halogens is 1. The molecule has 0 unspecified atom stereocenters. The lowest BCUT2D eigenvalue weighted by atomic mass is 10.2. The van der Waals surface area contributed by atoms with Crippen LogP contribution < -0.4 is 5.56 Å². The van der Waals surface area contributed by atoms with Crippen LogP contribution in [0.25, 0.3) is 10.9 Å². The summed E-state index contributed by atoms with van der Waals surface area (Å²) < 4.78 is 0. The fraction of sp³-hybridized carbons (Fsp3) is 0.125. The lowest BCUT2D eigenvalue weighted by Gasteiger charge is -1.95. The molecular formula is C8H7BrN2O. The number of aromatic nitrogens is 2. The lowest BCUT2D eigenvalue weighted by Crippen LogP contribution is -2.05. The number of pyridine rings is 1. The summed E-state index contributed by atoms with van der Waals surface area (Å²) in [4.78, 5) is 16.8. The first-order valence-electron chi connectivity index (χ1n) is 3.56. The Bertz CT molecular complexity index is 457. The first-order chi connectivity index (χ1) is 5.83. The second-order valence-corrected chi connectivity index (χ2v) is 3.10. The minimum Gasteiger partial charge on any atom is -0.357 e. The monoisotopic (exact) mass is 226 g/mol. The van der Waals surface area contributed by atoms with Crippen LogP contribution >= 0.6 is 15.9 Å². The first kappa shape index (κ1) is 7.61. The molecule has 2 N–H and O–H groups in total. The van der Waals surface area contributed by atoms with Gasteiger partial charge in [-0.2, -0.15) is 0 Å². The van der Waals surface area contributed by atoms with Gasteiger partial charge in [0.25, 0.3) is 5.56 Å². The van der Waals surface area contributed by atoms with Gasteiger partial charge in [0.1, 0.15) is 5.52 Å². The number of H-pyrrole nitrogens is 2. The minimum absolute atomic E-state index is 0.0697. The molecular weight excluding hydrogens is 220 g/mol. The molecule has 12 heavy (non-hydrogen) atoms. The van der Waals surface area contributed by atoms with E-state index in [1.54, 1.807) is 12.4 Å². The van der Waals surface area contributed by atoms with E-state index in [0.717, 1.165) is 16.3 Å². The molecule has 0 amide bonds.